The van der Waals surface area contributed by atoms with Crippen molar-refractivity contribution in [2.45, 2.75) is 6.17 Å². The van der Waals surface area contributed by atoms with E-state index < -0.39 is 30.0 Å². The van der Waals surface area contributed by atoms with Crippen molar-refractivity contribution in [3.05, 3.63) is 63.1 Å². The Morgan fingerprint density at radius 2 is 1.54 bits per heavy atom. The van der Waals surface area contributed by atoms with Crippen molar-refractivity contribution in [1.82, 2.24) is 10.2 Å². The Balaban J connectivity index is 2.07. The van der Waals surface area contributed by atoms with Crippen LogP contribution in [-0.2, 0) is 4.79 Å². The summed E-state index contributed by atoms with van der Waals surface area (Å²) in [5, 5.41) is 2.46. The van der Waals surface area contributed by atoms with E-state index in [1.54, 1.807) is 0 Å². The van der Waals surface area contributed by atoms with E-state index >= 15 is 0 Å². The van der Waals surface area contributed by atoms with Gasteiger partial charge in [0.1, 0.15) is 0 Å². The molecule has 3 N–H and O–H groups in total. The van der Waals surface area contributed by atoms with E-state index in [0.717, 1.165) is 4.90 Å². The number of imide groups is 3. The minimum Gasteiger partial charge on any atom is -0.352 e. The van der Waals surface area contributed by atoms with Gasteiger partial charge >= 0.3 is 12.1 Å². The molecule has 1 saturated heterocycles. The van der Waals surface area contributed by atoms with Crippen molar-refractivity contribution in [2.24, 2.45) is 5.73 Å². The number of nitrogens with zero attached hydrogens (tertiary/aromatic N) is 2. The maximum absolute atomic E-state index is 12.9. The zero-order valence-corrected chi connectivity index (χ0v) is 16.1. The Kier molecular flexibility index (Phi) is 5.46. The van der Waals surface area contributed by atoms with Crippen LogP contribution in [0.25, 0.3) is 0 Å². The van der Waals surface area contributed by atoms with E-state index in [-0.39, 0.29) is 21.3 Å². The van der Waals surface area contributed by atoms with Gasteiger partial charge in [0.15, 0.2) is 6.17 Å². The number of carbonyl (C=O) groups excluding carboxylic acids is 4. The van der Waals surface area contributed by atoms with Gasteiger partial charge in [-0.1, -0.05) is 40.9 Å². The summed E-state index contributed by atoms with van der Waals surface area (Å²) in [4.78, 5) is 51.2. The molecule has 2 aromatic carbocycles. The molecule has 6 amide bonds. The van der Waals surface area contributed by atoms with Gasteiger partial charge in [0.2, 0.25) is 0 Å². The van der Waals surface area contributed by atoms with Crippen molar-refractivity contribution in [3.63, 3.8) is 0 Å². The summed E-state index contributed by atoms with van der Waals surface area (Å²) >= 11 is 17.9. The van der Waals surface area contributed by atoms with Crippen LogP contribution in [0.2, 0.25) is 15.1 Å². The molecule has 1 atom stereocenters. The molecule has 1 heterocycles. The zero-order chi connectivity index (χ0) is 20.6. The first-order valence-corrected chi connectivity index (χ1v) is 8.82. The molecule has 0 aliphatic carbocycles. The Morgan fingerprint density at radius 1 is 0.964 bits per heavy atom. The first-order chi connectivity index (χ1) is 13.2. The van der Waals surface area contributed by atoms with Gasteiger partial charge in [0, 0.05) is 10.7 Å². The van der Waals surface area contributed by atoms with Gasteiger partial charge in [-0.3, -0.25) is 14.5 Å². The Labute approximate surface area is 173 Å². The first kappa shape index (κ1) is 19.9. The number of hydrogen-bond acceptors (Lipinski definition) is 4. The lowest BCUT2D eigenvalue weighted by molar-refractivity contribution is -0.125. The number of amides is 6. The van der Waals surface area contributed by atoms with Crippen molar-refractivity contribution in [2.75, 3.05) is 4.90 Å². The van der Waals surface area contributed by atoms with E-state index in [1.165, 1.54) is 42.5 Å². The van der Waals surface area contributed by atoms with Gasteiger partial charge < -0.3 is 11.1 Å². The fraction of sp³-hybridized carbons (Fsp3) is 0.0588. The maximum atomic E-state index is 12.9. The number of hydrogen-bond donors (Lipinski definition) is 2. The third-order valence-electron chi connectivity index (χ3n) is 3.87. The van der Waals surface area contributed by atoms with Crippen molar-refractivity contribution >= 4 is 64.4 Å². The fourth-order valence-corrected chi connectivity index (χ4v) is 3.35. The zero-order valence-electron chi connectivity index (χ0n) is 13.9. The average molecular weight is 442 g/mol. The predicted molar refractivity (Wildman–Crippen MR) is 103 cm³/mol. The molecule has 0 spiro atoms. The number of primary amides is 1. The number of anilines is 1. The summed E-state index contributed by atoms with van der Waals surface area (Å²) in [6.07, 6.45) is -1.53. The van der Waals surface area contributed by atoms with Crippen LogP contribution in [0.1, 0.15) is 10.4 Å². The van der Waals surface area contributed by atoms with Crippen molar-refractivity contribution in [1.29, 1.82) is 0 Å². The smallest absolute Gasteiger partial charge is 0.340 e. The van der Waals surface area contributed by atoms with Crippen LogP contribution in [0.3, 0.4) is 0 Å². The molecule has 1 fully saturated rings. The summed E-state index contributed by atoms with van der Waals surface area (Å²) in [5.74, 6) is -2.04. The second kappa shape index (κ2) is 7.67. The summed E-state index contributed by atoms with van der Waals surface area (Å²) in [5.41, 5.74) is 5.11. The van der Waals surface area contributed by atoms with E-state index in [9.17, 15) is 19.2 Å². The van der Waals surface area contributed by atoms with Crippen LogP contribution in [0.4, 0.5) is 15.3 Å². The number of benzene rings is 2. The van der Waals surface area contributed by atoms with Crippen LogP contribution in [0.15, 0.2) is 42.5 Å². The van der Waals surface area contributed by atoms with Crippen LogP contribution in [0, 0.1) is 0 Å². The van der Waals surface area contributed by atoms with E-state index in [4.69, 9.17) is 40.5 Å². The molecule has 3 rings (SSSR count). The summed E-state index contributed by atoms with van der Waals surface area (Å²) in [7, 11) is 0. The second-order valence-corrected chi connectivity index (χ2v) is 6.87. The number of nitrogens with one attached hydrogen (secondary N) is 1. The van der Waals surface area contributed by atoms with Gasteiger partial charge in [-0.2, -0.15) is 4.90 Å². The molecule has 8 nitrogen and oxygen atoms in total. The van der Waals surface area contributed by atoms with Crippen molar-refractivity contribution < 1.29 is 19.2 Å². The Bertz CT molecular complexity index is 976. The summed E-state index contributed by atoms with van der Waals surface area (Å²) in [6.45, 7) is 0. The summed E-state index contributed by atoms with van der Waals surface area (Å²) < 4.78 is 0. The Morgan fingerprint density at radius 3 is 2.07 bits per heavy atom. The quantitative estimate of drug-likeness (QED) is 0.562. The topological polar surface area (TPSA) is 113 Å². The highest BCUT2D eigenvalue weighted by Crippen LogP contribution is 2.31. The Hall–Kier alpha value is -2.81. The first-order valence-electron chi connectivity index (χ1n) is 7.69. The SMILES string of the molecule is NC(=O)NC1C(=O)N(C(=O)c2c(Cl)cccc2Cl)C(=O)N1c1ccc(Cl)cc1. The van der Waals surface area contributed by atoms with Crippen LogP contribution >= 0.6 is 34.8 Å². The molecular weight excluding hydrogens is 431 g/mol. The molecule has 1 aliphatic rings. The lowest BCUT2D eigenvalue weighted by Gasteiger charge is -2.21. The minimum absolute atomic E-state index is 0.0394. The molecule has 1 aliphatic heterocycles. The number of carbonyl (C=O) groups is 4. The van der Waals surface area contributed by atoms with Gasteiger partial charge in [0.25, 0.3) is 11.8 Å². The number of rotatable bonds is 3. The van der Waals surface area contributed by atoms with E-state index in [2.05, 4.69) is 5.32 Å². The minimum atomic E-state index is -1.53. The molecule has 1 unspecified atom stereocenters. The highest BCUT2D eigenvalue weighted by Gasteiger charge is 2.50. The normalized spacial score (nSPS) is 16.5. The van der Waals surface area contributed by atoms with Gasteiger partial charge in [-0.15, -0.1) is 0 Å². The third-order valence-corrected chi connectivity index (χ3v) is 4.76. The maximum Gasteiger partial charge on any atom is 0.340 e. The number of urea groups is 2. The monoisotopic (exact) mass is 440 g/mol. The van der Waals surface area contributed by atoms with E-state index in [1.807, 2.05) is 0 Å². The van der Waals surface area contributed by atoms with E-state index in [0.29, 0.717) is 9.92 Å². The van der Waals surface area contributed by atoms with Gasteiger partial charge in [0.05, 0.1) is 15.6 Å². The van der Waals surface area contributed by atoms with Crippen LogP contribution in [0.5, 0.6) is 0 Å². The molecule has 0 aromatic heterocycles. The van der Waals surface area contributed by atoms with Gasteiger partial charge in [-0.05, 0) is 36.4 Å². The molecule has 0 bridgehead atoms. The largest absolute Gasteiger partial charge is 0.352 e. The number of nitrogens with two attached hydrogens (primary N) is 1. The molecule has 28 heavy (non-hydrogen) atoms. The molecule has 144 valence electrons. The fourth-order valence-electron chi connectivity index (χ4n) is 2.67. The molecule has 11 heteroatoms. The third kappa shape index (κ3) is 3.49. The van der Waals surface area contributed by atoms with Crippen molar-refractivity contribution in [3.8, 4) is 0 Å². The summed E-state index contributed by atoms with van der Waals surface area (Å²) in [6, 6.07) is 8.06. The standard InChI is InChI=1S/C17H11Cl3N4O4/c18-8-4-6-9(7-5-8)23-13(22-16(21)27)15(26)24(17(23)28)14(25)12-10(19)2-1-3-11(12)20/h1-7,13H,(H3,21,22,27). The molecule has 0 radical (unpaired) electrons. The average Bonchev–Trinajstić information content (AvgIpc) is 2.85. The van der Waals surface area contributed by atoms with Crippen LogP contribution < -0.4 is 16.0 Å². The molecule has 0 saturated carbocycles. The lowest BCUT2D eigenvalue weighted by atomic mass is 10.2. The lowest BCUT2D eigenvalue weighted by Crippen LogP contribution is -2.51. The van der Waals surface area contributed by atoms with Gasteiger partial charge in [-0.25, -0.2) is 9.59 Å². The van der Waals surface area contributed by atoms with Crippen LogP contribution in [-0.4, -0.2) is 34.9 Å². The highest BCUT2D eigenvalue weighted by atomic mass is 35.5. The highest BCUT2D eigenvalue weighted by molar-refractivity contribution is 6.41. The molecular formula is C17H11Cl3N4O4. The second-order valence-electron chi connectivity index (χ2n) is 5.62. The predicted octanol–water partition coefficient (Wildman–Crippen LogP) is 3.25. The number of halogens is 3. The molecule has 2 aromatic rings.